The standard InChI is InChI=1S/C16H12F4O3/c1-22-15-6-10(8-21)2-5-14(15)23-9-11-7-12(17)3-4-13(11)16(18,19)20/h2-8H,9H2,1H3. The van der Waals surface area contributed by atoms with Crippen molar-refractivity contribution in [3.05, 3.63) is 58.9 Å². The molecule has 2 rings (SSSR count). The molecule has 0 heterocycles. The van der Waals surface area contributed by atoms with Gasteiger partial charge in [-0.3, -0.25) is 4.79 Å². The molecule has 0 amide bonds. The van der Waals surface area contributed by atoms with Gasteiger partial charge in [0.05, 0.1) is 12.7 Å². The molecule has 0 aromatic heterocycles. The van der Waals surface area contributed by atoms with E-state index in [9.17, 15) is 22.4 Å². The molecule has 0 unspecified atom stereocenters. The molecule has 0 N–H and O–H groups in total. The van der Waals surface area contributed by atoms with Gasteiger partial charge in [-0.25, -0.2) is 4.39 Å². The molecule has 0 bridgehead atoms. The van der Waals surface area contributed by atoms with Gasteiger partial charge in [-0.15, -0.1) is 0 Å². The predicted molar refractivity (Wildman–Crippen MR) is 74.1 cm³/mol. The number of carbonyl (C=O) groups excluding carboxylic acids is 1. The zero-order valence-corrected chi connectivity index (χ0v) is 12.0. The molecule has 122 valence electrons. The molecule has 2 aromatic rings. The maximum Gasteiger partial charge on any atom is 0.416 e. The Hall–Kier alpha value is -2.57. The number of carbonyl (C=O) groups is 1. The second kappa shape index (κ2) is 6.68. The van der Waals surface area contributed by atoms with E-state index in [0.29, 0.717) is 17.9 Å². The first-order valence-corrected chi connectivity index (χ1v) is 6.47. The minimum Gasteiger partial charge on any atom is -0.493 e. The summed E-state index contributed by atoms with van der Waals surface area (Å²) in [6, 6.07) is 6.40. The van der Waals surface area contributed by atoms with Crippen LogP contribution in [0.15, 0.2) is 36.4 Å². The smallest absolute Gasteiger partial charge is 0.416 e. The van der Waals surface area contributed by atoms with Crippen molar-refractivity contribution in [2.45, 2.75) is 12.8 Å². The second-order valence-electron chi connectivity index (χ2n) is 4.62. The number of halogens is 4. The number of aldehydes is 1. The van der Waals surface area contributed by atoms with E-state index in [1.54, 1.807) is 0 Å². The molecule has 0 atom stereocenters. The highest BCUT2D eigenvalue weighted by Crippen LogP contribution is 2.34. The lowest BCUT2D eigenvalue weighted by atomic mass is 10.1. The Morgan fingerprint density at radius 2 is 1.83 bits per heavy atom. The predicted octanol–water partition coefficient (Wildman–Crippen LogP) is 4.24. The van der Waals surface area contributed by atoms with E-state index in [2.05, 4.69) is 0 Å². The van der Waals surface area contributed by atoms with Crippen molar-refractivity contribution < 1.29 is 31.8 Å². The first-order chi connectivity index (χ1) is 10.8. The Bertz CT molecular complexity index is 711. The molecule has 2 aromatic carbocycles. The van der Waals surface area contributed by atoms with Crippen LogP contribution < -0.4 is 9.47 Å². The van der Waals surface area contributed by atoms with E-state index < -0.39 is 24.2 Å². The first-order valence-electron chi connectivity index (χ1n) is 6.47. The molecule has 0 spiro atoms. The van der Waals surface area contributed by atoms with Crippen LogP contribution in [-0.2, 0) is 12.8 Å². The van der Waals surface area contributed by atoms with Gasteiger partial charge >= 0.3 is 6.18 Å². The van der Waals surface area contributed by atoms with Crippen LogP contribution >= 0.6 is 0 Å². The monoisotopic (exact) mass is 328 g/mol. The van der Waals surface area contributed by atoms with E-state index >= 15 is 0 Å². The Morgan fingerprint density at radius 1 is 1.09 bits per heavy atom. The van der Waals surface area contributed by atoms with Crippen molar-refractivity contribution in [3.8, 4) is 11.5 Å². The third-order valence-corrected chi connectivity index (χ3v) is 3.08. The number of alkyl halides is 3. The topological polar surface area (TPSA) is 35.5 Å². The lowest BCUT2D eigenvalue weighted by Gasteiger charge is -2.15. The van der Waals surface area contributed by atoms with Crippen molar-refractivity contribution in [2.24, 2.45) is 0 Å². The fourth-order valence-corrected chi connectivity index (χ4v) is 1.99. The summed E-state index contributed by atoms with van der Waals surface area (Å²) in [5.41, 5.74) is -0.975. The van der Waals surface area contributed by atoms with Gasteiger partial charge in [-0.2, -0.15) is 13.2 Å². The summed E-state index contributed by atoms with van der Waals surface area (Å²) >= 11 is 0. The average Bonchev–Trinajstić information content (AvgIpc) is 2.51. The van der Waals surface area contributed by atoms with Gasteiger partial charge in [-0.05, 0) is 36.4 Å². The van der Waals surface area contributed by atoms with Gasteiger partial charge in [0.1, 0.15) is 18.7 Å². The molecule has 0 fully saturated rings. The van der Waals surface area contributed by atoms with Crippen molar-refractivity contribution in [1.82, 2.24) is 0 Å². The molecule has 3 nitrogen and oxygen atoms in total. The molecule has 0 radical (unpaired) electrons. The van der Waals surface area contributed by atoms with E-state index in [4.69, 9.17) is 9.47 Å². The average molecular weight is 328 g/mol. The summed E-state index contributed by atoms with van der Waals surface area (Å²) in [5.74, 6) is -0.449. The number of hydrogen-bond acceptors (Lipinski definition) is 3. The summed E-state index contributed by atoms with van der Waals surface area (Å²) in [5, 5.41) is 0. The summed E-state index contributed by atoms with van der Waals surface area (Å²) < 4.78 is 62.3. The van der Waals surface area contributed by atoms with Crippen LogP contribution in [0.5, 0.6) is 11.5 Å². The van der Waals surface area contributed by atoms with Crippen LogP contribution in [-0.4, -0.2) is 13.4 Å². The van der Waals surface area contributed by atoms with E-state index in [1.807, 2.05) is 0 Å². The summed E-state index contributed by atoms with van der Waals surface area (Å²) in [6.45, 7) is -0.497. The van der Waals surface area contributed by atoms with Crippen LogP contribution in [0.2, 0.25) is 0 Å². The number of ether oxygens (including phenoxy) is 2. The molecular weight excluding hydrogens is 316 g/mol. The van der Waals surface area contributed by atoms with Gasteiger partial charge in [-0.1, -0.05) is 0 Å². The van der Waals surface area contributed by atoms with E-state index in [-0.39, 0.29) is 17.1 Å². The lowest BCUT2D eigenvalue weighted by molar-refractivity contribution is -0.138. The molecule has 0 aliphatic heterocycles. The highest BCUT2D eigenvalue weighted by Gasteiger charge is 2.33. The quantitative estimate of drug-likeness (QED) is 0.608. The van der Waals surface area contributed by atoms with Gasteiger partial charge < -0.3 is 9.47 Å². The first kappa shape index (κ1) is 16.8. The third-order valence-electron chi connectivity index (χ3n) is 3.08. The number of hydrogen-bond donors (Lipinski definition) is 0. The zero-order chi connectivity index (χ0) is 17.0. The molecule has 0 aliphatic carbocycles. The Balaban J connectivity index is 2.28. The van der Waals surface area contributed by atoms with Crippen LogP contribution in [0.1, 0.15) is 21.5 Å². The Kier molecular flexibility index (Phi) is 4.88. The minimum absolute atomic E-state index is 0.149. The van der Waals surface area contributed by atoms with Crippen LogP contribution in [0.25, 0.3) is 0 Å². The minimum atomic E-state index is -4.61. The highest BCUT2D eigenvalue weighted by atomic mass is 19.4. The van der Waals surface area contributed by atoms with E-state index in [1.165, 1.54) is 25.3 Å². The summed E-state index contributed by atoms with van der Waals surface area (Å²) in [6.07, 6.45) is -4.02. The van der Waals surface area contributed by atoms with Crippen LogP contribution in [0, 0.1) is 5.82 Å². The van der Waals surface area contributed by atoms with Crippen molar-refractivity contribution in [2.75, 3.05) is 7.11 Å². The fraction of sp³-hybridized carbons (Fsp3) is 0.188. The van der Waals surface area contributed by atoms with Crippen molar-refractivity contribution in [1.29, 1.82) is 0 Å². The molecule has 0 saturated carbocycles. The Labute approximate surface area is 129 Å². The van der Waals surface area contributed by atoms with Crippen LogP contribution in [0.4, 0.5) is 17.6 Å². The van der Waals surface area contributed by atoms with Gasteiger partial charge in [0, 0.05) is 11.1 Å². The summed E-state index contributed by atoms with van der Waals surface area (Å²) in [4.78, 5) is 10.7. The van der Waals surface area contributed by atoms with Crippen molar-refractivity contribution in [3.63, 3.8) is 0 Å². The lowest BCUT2D eigenvalue weighted by Crippen LogP contribution is -2.11. The summed E-state index contributed by atoms with van der Waals surface area (Å²) in [7, 11) is 1.33. The van der Waals surface area contributed by atoms with Gasteiger partial charge in [0.2, 0.25) is 0 Å². The van der Waals surface area contributed by atoms with Gasteiger partial charge in [0.25, 0.3) is 0 Å². The zero-order valence-electron chi connectivity index (χ0n) is 12.0. The SMILES string of the molecule is COc1cc(C=O)ccc1OCc1cc(F)ccc1C(F)(F)F. The molecule has 7 heteroatoms. The maximum atomic E-state index is 13.2. The van der Waals surface area contributed by atoms with Crippen molar-refractivity contribution >= 4 is 6.29 Å². The molecule has 23 heavy (non-hydrogen) atoms. The Morgan fingerprint density at radius 3 is 2.43 bits per heavy atom. The number of methoxy groups -OCH3 is 1. The maximum absolute atomic E-state index is 13.2. The highest BCUT2D eigenvalue weighted by molar-refractivity contribution is 5.76. The third kappa shape index (κ3) is 4.00. The van der Waals surface area contributed by atoms with Crippen LogP contribution in [0.3, 0.4) is 0 Å². The number of rotatable bonds is 5. The van der Waals surface area contributed by atoms with E-state index in [0.717, 1.165) is 12.1 Å². The normalized spacial score (nSPS) is 11.2. The number of benzene rings is 2. The second-order valence-corrected chi connectivity index (χ2v) is 4.62. The molecular formula is C16H12F4O3. The van der Waals surface area contributed by atoms with Gasteiger partial charge in [0.15, 0.2) is 11.5 Å². The largest absolute Gasteiger partial charge is 0.493 e. The molecule has 0 aliphatic rings. The molecule has 0 saturated heterocycles. The fourth-order valence-electron chi connectivity index (χ4n) is 1.99.